The lowest BCUT2D eigenvalue weighted by molar-refractivity contribution is 0.0587. The molecule has 3 N–H and O–H groups in total. The Hall–Kier alpha value is -1.80. The Morgan fingerprint density at radius 1 is 1.40 bits per heavy atom. The van der Waals surface area contributed by atoms with Crippen LogP contribution in [0.3, 0.4) is 0 Å². The average Bonchev–Trinajstić information content (AvgIpc) is 2.40. The van der Waals surface area contributed by atoms with Gasteiger partial charge in [0.05, 0.1) is 18.3 Å². The fourth-order valence-corrected chi connectivity index (χ4v) is 1.48. The number of aliphatic hydroxyl groups is 1. The number of halogens is 3. The van der Waals surface area contributed by atoms with E-state index in [1.807, 2.05) is 0 Å². The maximum Gasteiger partial charge on any atom is 0.254 e. The standard InChI is InChI=1S/C12H14F3NO4/c1-20-5-6(17)2-3-16-12(19)7-4-8(13)10(15)11(18)9(7)14/h4,6,17-18H,2-3,5H2,1H3,(H,16,19). The smallest absolute Gasteiger partial charge is 0.254 e. The van der Waals surface area contributed by atoms with Crippen molar-refractivity contribution in [3.05, 3.63) is 29.1 Å². The third kappa shape index (κ3) is 3.84. The Morgan fingerprint density at radius 3 is 2.65 bits per heavy atom. The van der Waals surface area contributed by atoms with Crippen LogP contribution in [0.1, 0.15) is 16.8 Å². The molecule has 1 atom stereocenters. The molecule has 1 rings (SSSR count). The first-order valence-electron chi connectivity index (χ1n) is 5.70. The minimum absolute atomic E-state index is 0.0252. The van der Waals surface area contributed by atoms with Gasteiger partial charge in [0.25, 0.3) is 5.91 Å². The molecular formula is C12H14F3NO4. The first kappa shape index (κ1) is 16.3. The summed E-state index contributed by atoms with van der Waals surface area (Å²) in [6, 6.07) is 0.352. The number of methoxy groups -OCH3 is 1. The number of aliphatic hydroxyl groups excluding tert-OH is 1. The monoisotopic (exact) mass is 293 g/mol. The lowest BCUT2D eigenvalue weighted by Gasteiger charge is -2.11. The van der Waals surface area contributed by atoms with Crippen molar-refractivity contribution < 1.29 is 32.9 Å². The molecule has 0 saturated heterocycles. The number of amides is 1. The van der Waals surface area contributed by atoms with Crippen molar-refractivity contribution in [3.8, 4) is 5.75 Å². The van der Waals surface area contributed by atoms with Crippen LogP contribution in [0, 0.1) is 17.5 Å². The second-order valence-electron chi connectivity index (χ2n) is 4.04. The molecule has 0 aliphatic rings. The number of ether oxygens (including phenoxy) is 1. The molecular weight excluding hydrogens is 279 g/mol. The molecule has 8 heteroatoms. The Kier molecular flexibility index (Phi) is 5.78. The van der Waals surface area contributed by atoms with Crippen LogP contribution in [0.4, 0.5) is 13.2 Å². The average molecular weight is 293 g/mol. The Balaban J connectivity index is 2.69. The van der Waals surface area contributed by atoms with Crippen molar-refractivity contribution in [2.75, 3.05) is 20.3 Å². The summed E-state index contributed by atoms with van der Waals surface area (Å²) in [7, 11) is 1.39. The molecule has 0 fully saturated rings. The summed E-state index contributed by atoms with van der Waals surface area (Å²) in [4.78, 5) is 11.6. The van der Waals surface area contributed by atoms with Gasteiger partial charge in [-0.3, -0.25) is 4.79 Å². The third-order valence-corrected chi connectivity index (χ3v) is 2.50. The highest BCUT2D eigenvalue weighted by molar-refractivity contribution is 5.94. The molecule has 0 saturated carbocycles. The summed E-state index contributed by atoms with van der Waals surface area (Å²) < 4.78 is 43.9. The van der Waals surface area contributed by atoms with Crippen LogP contribution >= 0.6 is 0 Å². The highest BCUT2D eigenvalue weighted by Gasteiger charge is 2.22. The van der Waals surface area contributed by atoms with E-state index in [4.69, 9.17) is 5.11 Å². The number of benzene rings is 1. The number of hydrogen-bond acceptors (Lipinski definition) is 4. The van der Waals surface area contributed by atoms with Gasteiger partial charge in [0.1, 0.15) is 0 Å². The molecule has 5 nitrogen and oxygen atoms in total. The van der Waals surface area contributed by atoms with Gasteiger partial charge in [-0.1, -0.05) is 0 Å². The zero-order valence-electron chi connectivity index (χ0n) is 10.6. The highest BCUT2D eigenvalue weighted by Crippen LogP contribution is 2.25. The van der Waals surface area contributed by atoms with Crippen LogP contribution in [0.2, 0.25) is 0 Å². The largest absolute Gasteiger partial charge is 0.503 e. The van der Waals surface area contributed by atoms with Crippen molar-refractivity contribution in [1.82, 2.24) is 5.32 Å². The van der Waals surface area contributed by atoms with E-state index in [0.717, 1.165) is 0 Å². The normalized spacial score (nSPS) is 12.2. The van der Waals surface area contributed by atoms with Gasteiger partial charge in [0.2, 0.25) is 5.82 Å². The number of hydrogen-bond donors (Lipinski definition) is 3. The predicted octanol–water partition coefficient (Wildman–Crippen LogP) is 0.937. The van der Waals surface area contributed by atoms with Crippen LogP contribution in [0.5, 0.6) is 5.75 Å². The summed E-state index contributed by atoms with van der Waals surface area (Å²) in [5, 5.41) is 20.5. The SMILES string of the molecule is COCC(O)CCNC(=O)c1cc(F)c(F)c(O)c1F. The van der Waals surface area contributed by atoms with Gasteiger partial charge in [0, 0.05) is 13.7 Å². The van der Waals surface area contributed by atoms with Crippen LogP contribution in [-0.2, 0) is 4.74 Å². The topological polar surface area (TPSA) is 78.8 Å². The molecule has 20 heavy (non-hydrogen) atoms. The first-order valence-corrected chi connectivity index (χ1v) is 5.70. The first-order chi connectivity index (χ1) is 9.38. The number of phenolic OH excluding ortho intramolecular Hbond substituents is 1. The molecule has 1 aromatic carbocycles. The number of phenols is 1. The van der Waals surface area contributed by atoms with E-state index in [-0.39, 0.29) is 19.6 Å². The fraction of sp³-hybridized carbons (Fsp3) is 0.417. The summed E-state index contributed by atoms with van der Waals surface area (Å²) in [5.74, 6) is -7.40. The Bertz CT molecular complexity index is 496. The number of rotatable bonds is 6. The zero-order chi connectivity index (χ0) is 15.3. The Labute approximate surface area is 113 Å². The van der Waals surface area contributed by atoms with Gasteiger partial charge < -0.3 is 20.3 Å². The molecule has 1 amide bonds. The quantitative estimate of drug-likeness (QED) is 0.682. The molecule has 0 bridgehead atoms. The van der Waals surface area contributed by atoms with E-state index in [1.54, 1.807) is 0 Å². The lowest BCUT2D eigenvalue weighted by Crippen LogP contribution is -2.29. The Morgan fingerprint density at radius 2 is 2.05 bits per heavy atom. The van der Waals surface area contributed by atoms with Gasteiger partial charge in [-0.2, -0.15) is 4.39 Å². The molecule has 1 aromatic rings. The van der Waals surface area contributed by atoms with E-state index in [9.17, 15) is 23.1 Å². The maximum absolute atomic E-state index is 13.4. The maximum atomic E-state index is 13.4. The van der Waals surface area contributed by atoms with Gasteiger partial charge in [-0.15, -0.1) is 0 Å². The van der Waals surface area contributed by atoms with Crippen LogP contribution in [0.15, 0.2) is 6.07 Å². The second kappa shape index (κ2) is 7.11. The number of carbonyl (C=O) groups excluding carboxylic acids is 1. The second-order valence-corrected chi connectivity index (χ2v) is 4.04. The molecule has 1 unspecified atom stereocenters. The van der Waals surface area contributed by atoms with Crippen molar-refractivity contribution in [3.63, 3.8) is 0 Å². The van der Waals surface area contributed by atoms with E-state index in [1.165, 1.54) is 7.11 Å². The van der Waals surface area contributed by atoms with Crippen LogP contribution in [0.25, 0.3) is 0 Å². The van der Waals surface area contributed by atoms with E-state index < -0.39 is 40.8 Å². The third-order valence-electron chi connectivity index (χ3n) is 2.50. The number of nitrogens with one attached hydrogen (secondary N) is 1. The fourth-order valence-electron chi connectivity index (χ4n) is 1.48. The van der Waals surface area contributed by atoms with Crippen molar-refractivity contribution >= 4 is 5.91 Å². The molecule has 0 aliphatic carbocycles. The molecule has 0 aromatic heterocycles. The molecule has 112 valence electrons. The summed E-state index contributed by atoms with van der Waals surface area (Å²) in [6.45, 7) is 0.0404. The molecule has 0 heterocycles. The van der Waals surface area contributed by atoms with Crippen molar-refractivity contribution in [1.29, 1.82) is 0 Å². The summed E-state index contributed by atoms with van der Waals surface area (Å²) in [5.41, 5.74) is -0.817. The van der Waals surface area contributed by atoms with Gasteiger partial charge in [-0.05, 0) is 12.5 Å². The zero-order valence-corrected chi connectivity index (χ0v) is 10.6. The van der Waals surface area contributed by atoms with Gasteiger partial charge in [0.15, 0.2) is 17.4 Å². The van der Waals surface area contributed by atoms with Gasteiger partial charge in [-0.25, -0.2) is 8.78 Å². The van der Waals surface area contributed by atoms with Crippen LogP contribution < -0.4 is 5.32 Å². The molecule has 0 spiro atoms. The molecule has 0 radical (unpaired) electrons. The van der Waals surface area contributed by atoms with Crippen molar-refractivity contribution in [2.45, 2.75) is 12.5 Å². The van der Waals surface area contributed by atoms with Crippen LogP contribution in [-0.4, -0.2) is 42.5 Å². The van der Waals surface area contributed by atoms with E-state index in [2.05, 4.69) is 10.1 Å². The van der Waals surface area contributed by atoms with E-state index >= 15 is 0 Å². The number of aromatic hydroxyl groups is 1. The summed E-state index contributed by atoms with van der Waals surface area (Å²) in [6.07, 6.45) is -0.680. The van der Waals surface area contributed by atoms with E-state index in [0.29, 0.717) is 6.07 Å². The summed E-state index contributed by atoms with van der Waals surface area (Å²) >= 11 is 0. The predicted molar refractivity (Wildman–Crippen MR) is 62.8 cm³/mol. The highest BCUT2D eigenvalue weighted by atomic mass is 19.2. The van der Waals surface area contributed by atoms with Crippen molar-refractivity contribution in [2.24, 2.45) is 0 Å². The molecule has 0 aliphatic heterocycles. The van der Waals surface area contributed by atoms with Gasteiger partial charge >= 0.3 is 0 Å². The number of carbonyl (C=O) groups is 1. The minimum atomic E-state index is -1.76. The minimum Gasteiger partial charge on any atom is -0.503 e. The lowest BCUT2D eigenvalue weighted by atomic mass is 10.1.